The lowest BCUT2D eigenvalue weighted by atomic mass is 10.2. The van der Waals surface area contributed by atoms with E-state index in [-0.39, 0.29) is 12.1 Å². The monoisotopic (exact) mass is 235 g/mol. The molecule has 1 aromatic carbocycles. The zero-order valence-corrected chi connectivity index (χ0v) is 10.1. The van der Waals surface area contributed by atoms with Gasteiger partial charge < -0.3 is 15.4 Å². The fourth-order valence-corrected chi connectivity index (χ4v) is 1.96. The highest BCUT2D eigenvalue weighted by molar-refractivity contribution is 5.94. The van der Waals surface area contributed by atoms with E-state index in [0.29, 0.717) is 6.54 Å². The molecule has 1 aromatic rings. The van der Waals surface area contributed by atoms with Crippen molar-refractivity contribution in [2.75, 3.05) is 32.1 Å². The quantitative estimate of drug-likeness (QED) is 0.812. The molecule has 0 bridgehead atoms. The van der Waals surface area contributed by atoms with Gasteiger partial charge >= 0.3 is 6.03 Å². The van der Waals surface area contributed by atoms with Gasteiger partial charge in [0.1, 0.15) is 5.75 Å². The van der Waals surface area contributed by atoms with Crippen LogP contribution >= 0.6 is 0 Å². The van der Waals surface area contributed by atoms with Crippen LogP contribution in [-0.2, 0) is 0 Å². The molecule has 2 amide bonds. The lowest BCUT2D eigenvalue weighted by Gasteiger charge is -2.15. The molecule has 1 atom stereocenters. The van der Waals surface area contributed by atoms with Gasteiger partial charge in [0.2, 0.25) is 0 Å². The number of amides is 2. The first-order valence-corrected chi connectivity index (χ1v) is 5.61. The fraction of sp³-hybridized carbons (Fsp3) is 0.417. The summed E-state index contributed by atoms with van der Waals surface area (Å²) in [6, 6.07) is 7.61. The van der Waals surface area contributed by atoms with Gasteiger partial charge in [0.25, 0.3) is 0 Å². The summed E-state index contributed by atoms with van der Waals surface area (Å²) >= 11 is 0. The number of carbonyl (C=O) groups excluding carboxylic acids is 1. The van der Waals surface area contributed by atoms with Crippen LogP contribution < -0.4 is 20.3 Å². The molecule has 0 aliphatic carbocycles. The average Bonchev–Trinajstić information content (AvgIpc) is 2.71. The Labute approximate surface area is 101 Å². The molecular formula is C12H17N3O2. The van der Waals surface area contributed by atoms with E-state index < -0.39 is 0 Å². The van der Waals surface area contributed by atoms with E-state index >= 15 is 0 Å². The Balaban J connectivity index is 2.14. The molecule has 17 heavy (non-hydrogen) atoms. The molecule has 92 valence electrons. The van der Waals surface area contributed by atoms with E-state index in [1.165, 1.54) is 0 Å². The van der Waals surface area contributed by atoms with Gasteiger partial charge in [-0.05, 0) is 19.2 Å². The predicted molar refractivity (Wildman–Crippen MR) is 66.6 cm³/mol. The van der Waals surface area contributed by atoms with E-state index in [2.05, 4.69) is 10.6 Å². The molecule has 0 spiro atoms. The van der Waals surface area contributed by atoms with Crippen LogP contribution in [0.15, 0.2) is 24.3 Å². The summed E-state index contributed by atoms with van der Waals surface area (Å²) < 4.78 is 5.15. The number of methoxy groups -OCH3 is 1. The van der Waals surface area contributed by atoms with E-state index in [9.17, 15) is 4.79 Å². The van der Waals surface area contributed by atoms with E-state index in [0.717, 1.165) is 18.0 Å². The van der Waals surface area contributed by atoms with Gasteiger partial charge in [-0.25, -0.2) is 4.79 Å². The van der Waals surface area contributed by atoms with Gasteiger partial charge in [0, 0.05) is 24.8 Å². The second-order valence-corrected chi connectivity index (χ2v) is 4.02. The van der Waals surface area contributed by atoms with Crippen LogP contribution in [0.25, 0.3) is 0 Å². The van der Waals surface area contributed by atoms with Gasteiger partial charge in [-0.15, -0.1) is 0 Å². The highest BCUT2D eigenvalue weighted by Gasteiger charge is 2.29. The first kappa shape index (κ1) is 11.7. The van der Waals surface area contributed by atoms with Gasteiger partial charge in [-0.2, -0.15) is 0 Å². The maximum Gasteiger partial charge on any atom is 0.322 e. The molecule has 5 nitrogen and oxygen atoms in total. The Morgan fingerprint density at radius 3 is 3.12 bits per heavy atom. The summed E-state index contributed by atoms with van der Waals surface area (Å²) in [6.07, 6.45) is 0. The molecule has 1 fully saturated rings. The maximum atomic E-state index is 11.8. The zero-order valence-electron chi connectivity index (χ0n) is 10.1. The van der Waals surface area contributed by atoms with Crippen molar-refractivity contribution in [1.82, 2.24) is 10.6 Å². The summed E-state index contributed by atoms with van der Waals surface area (Å²) in [7, 11) is 3.49. The third kappa shape index (κ3) is 2.50. The van der Waals surface area contributed by atoms with Crippen LogP contribution in [0.3, 0.4) is 0 Å². The van der Waals surface area contributed by atoms with Crippen molar-refractivity contribution in [2.24, 2.45) is 0 Å². The van der Waals surface area contributed by atoms with Gasteiger partial charge in [-0.1, -0.05) is 6.07 Å². The number of hydrogen-bond donors (Lipinski definition) is 2. The van der Waals surface area contributed by atoms with Crippen LogP contribution in [0.1, 0.15) is 0 Å². The van der Waals surface area contributed by atoms with Gasteiger partial charge in [0.05, 0.1) is 13.2 Å². The third-order valence-electron chi connectivity index (χ3n) is 2.79. The van der Waals surface area contributed by atoms with Crippen LogP contribution in [-0.4, -0.2) is 39.3 Å². The standard InChI is InChI=1S/C12H17N3O2/c1-13-7-9-8-15(12(16)14-9)10-4-3-5-11(6-10)17-2/h3-6,9,13H,7-8H2,1-2H3,(H,14,16). The van der Waals surface area contributed by atoms with Crippen molar-refractivity contribution < 1.29 is 9.53 Å². The topological polar surface area (TPSA) is 53.6 Å². The molecule has 2 rings (SSSR count). The first-order chi connectivity index (χ1) is 8.24. The van der Waals surface area contributed by atoms with Crippen LogP contribution in [0, 0.1) is 0 Å². The number of nitrogens with zero attached hydrogens (tertiary/aromatic N) is 1. The minimum Gasteiger partial charge on any atom is -0.497 e. The molecule has 0 aromatic heterocycles. The minimum absolute atomic E-state index is 0.0569. The molecule has 1 unspecified atom stereocenters. The SMILES string of the molecule is CNCC1CN(c2cccc(OC)c2)C(=O)N1. The number of ether oxygens (including phenoxy) is 1. The summed E-state index contributed by atoms with van der Waals surface area (Å²) in [5.74, 6) is 0.757. The number of hydrogen-bond acceptors (Lipinski definition) is 3. The minimum atomic E-state index is -0.0569. The third-order valence-corrected chi connectivity index (χ3v) is 2.79. The molecular weight excluding hydrogens is 218 g/mol. The number of rotatable bonds is 4. The van der Waals surface area contributed by atoms with Crippen LogP contribution in [0.2, 0.25) is 0 Å². The number of likely N-dealkylation sites (N-methyl/N-ethyl adjacent to an activating group) is 1. The van der Waals surface area contributed by atoms with Crippen molar-refractivity contribution in [2.45, 2.75) is 6.04 Å². The molecule has 2 N–H and O–H groups in total. The molecule has 1 aliphatic heterocycles. The Hall–Kier alpha value is -1.75. The normalized spacial score (nSPS) is 19.3. The lowest BCUT2D eigenvalue weighted by molar-refractivity contribution is 0.251. The summed E-state index contributed by atoms with van der Waals surface area (Å²) in [6.45, 7) is 1.44. The van der Waals surface area contributed by atoms with Crippen LogP contribution in [0.5, 0.6) is 5.75 Å². The molecule has 1 saturated heterocycles. The van der Waals surface area contributed by atoms with E-state index in [1.54, 1.807) is 12.0 Å². The number of anilines is 1. The number of carbonyl (C=O) groups is 1. The Kier molecular flexibility index (Phi) is 3.49. The van der Waals surface area contributed by atoms with Gasteiger partial charge in [0.15, 0.2) is 0 Å². The van der Waals surface area contributed by atoms with Crippen molar-refractivity contribution in [3.05, 3.63) is 24.3 Å². The Morgan fingerprint density at radius 2 is 2.41 bits per heavy atom. The maximum absolute atomic E-state index is 11.8. The van der Waals surface area contributed by atoms with Crippen molar-refractivity contribution in [3.63, 3.8) is 0 Å². The number of nitrogens with one attached hydrogen (secondary N) is 2. The molecule has 1 aliphatic rings. The molecule has 0 radical (unpaired) electrons. The lowest BCUT2D eigenvalue weighted by Crippen LogP contribution is -2.35. The van der Waals surface area contributed by atoms with E-state index in [1.807, 2.05) is 31.3 Å². The predicted octanol–water partition coefficient (Wildman–Crippen LogP) is 0.813. The number of urea groups is 1. The van der Waals surface area contributed by atoms with Gasteiger partial charge in [-0.3, -0.25) is 4.90 Å². The highest BCUT2D eigenvalue weighted by Crippen LogP contribution is 2.23. The largest absolute Gasteiger partial charge is 0.497 e. The van der Waals surface area contributed by atoms with Crippen molar-refractivity contribution >= 4 is 11.7 Å². The second kappa shape index (κ2) is 5.05. The Bertz CT molecular complexity index is 408. The fourth-order valence-electron chi connectivity index (χ4n) is 1.96. The first-order valence-electron chi connectivity index (χ1n) is 5.61. The summed E-state index contributed by atoms with van der Waals surface area (Å²) in [5.41, 5.74) is 0.862. The van der Waals surface area contributed by atoms with Crippen molar-refractivity contribution in [1.29, 1.82) is 0 Å². The molecule has 0 saturated carbocycles. The molecule has 5 heteroatoms. The summed E-state index contributed by atoms with van der Waals surface area (Å²) in [4.78, 5) is 13.5. The zero-order chi connectivity index (χ0) is 12.3. The van der Waals surface area contributed by atoms with Crippen LogP contribution in [0.4, 0.5) is 10.5 Å². The Morgan fingerprint density at radius 1 is 1.59 bits per heavy atom. The summed E-state index contributed by atoms with van der Waals surface area (Å²) in [5, 5.41) is 5.98. The van der Waals surface area contributed by atoms with Crippen molar-refractivity contribution in [3.8, 4) is 5.75 Å². The average molecular weight is 235 g/mol. The highest BCUT2D eigenvalue weighted by atomic mass is 16.5. The molecule has 1 heterocycles. The van der Waals surface area contributed by atoms with E-state index in [4.69, 9.17) is 4.74 Å². The number of benzene rings is 1. The second-order valence-electron chi connectivity index (χ2n) is 4.02. The smallest absolute Gasteiger partial charge is 0.322 e.